The van der Waals surface area contributed by atoms with Gasteiger partial charge in [0.25, 0.3) is 0 Å². The molecule has 1 aromatic heterocycles. The standard InChI is InChI=1S/C28H33NO4S/c30-27(31)28(34(32,33)26-16-10-6-11-17-26)18-12-4-2-1-3-9-15-25-19-24(20-28)22-29(25)21-23-13-7-5-8-14-23/h5-8,10-11,13-14,16-17,19,22H,1-4,9,12,15,18,20-21H2,(H,30,31). The summed E-state index contributed by atoms with van der Waals surface area (Å²) in [6, 6.07) is 20.2. The van der Waals surface area contributed by atoms with Crippen LogP contribution in [0.4, 0.5) is 0 Å². The fourth-order valence-corrected chi connectivity index (χ4v) is 7.02. The Kier molecular flexibility index (Phi) is 7.57. The van der Waals surface area contributed by atoms with Crippen LogP contribution in [0.5, 0.6) is 0 Å². The van der Waals surface area contributed by atoms with E-state index in [1.807, 2.05) is 30.5 Å². The van der Waals surface area contributed by atoms with Crippen LogP contribution in [0.25, 0.3) is 0 Å². The van der Waals surface area contributed by atoms with Crippen molar-refractivity contribution in [3.05, 3.63) is 89.7 Å². The van der Waals surface area contributed by atoms with Crippen LogP contribution in [0.2, 0.25) is 0 Å². The van der Waals surface area contributed by atoms with Gasteiger partial charge in [-0.2, -0.15) is 0 Å². The lowest BCUT2D eigenvalue weighted by atomic mass is 9.93. The normalized spacial score (nSPS) is 20.0. The van der Waals surface area contributed by atoms with Crippen LogP contribution in [0.3, 0.4) is 0 Å². The summed E-state index contributed by atoms with van der Waals surface area (Å²) in [6.07, 6.45) is 8.64. The number of sulfone groups is 1. The van der Waals surface area contributed by atoms with Crippen LogP contribution >= 0.6 is 0 Å². The number of aromatic nitrogens is 1. The number of hydrogen-bond donors (Lipinski definition) is 1. The van der Waals surface area contributed by atoms with Gasteiger partial charge in [0.05, 0.1) is 4.90 Å². The van der Waals surface area contributed by atoms with E-state index < -0.39 is 20.6 Å². The Morgan fingerprint density at radius 3 is 2.18 bits per heavy atom. The lowest BCUT2D eigenvalue weighted by Gasteiger charge is -2.29. The third-order valence-electron chi connectivity index (χ3n) is 6.95. The molecule has 3 aromatic rings. The number of hydrogen-bond acceptors (Lipinski definition) is 3. The summed E-state index contributed by atoms with van der Waals surface area (Å²) in [5.41, 5.74) is 3.06. The van der Waals surface area contributed by atoms with Gasteiger partial charge in [-0.1, -0.05) is 80.6 Å². The summed E-state index contributed by atoms with van der Waals surface area (Å²) in [4.78, 5) is 12.9. The van der Waals surface area contributed by atoms with Crippen molar-refractivity contribution < 1.29 is 18.3 Å². The number of carboxylic acid groups (broad SMARTS) is 1. The molecule has 1 unspecified atom stereocenters. The Morgan fingerprint density at radius 2 is 1.50 bits per heavy atom. The average Bonchev–Trinajstić information content (AvgIpc) is 3.21. The zero-order valence-corrected chi connectivity index (χ0v) is 20.3. The maximum atomic E-state index is 13.8. The van der Waals surface area contributed by atoms with Gasteiger partial charge in [0.2, 0.25) is 0 Å². The number of fused-ring (bicyclic) bond motifs is 2. The topological polar surface area (TPSA) is 76.4 Å². The molecule has 0 fully saturated rings. The molecule has 180 valence electrons. The molecule has 4 rings (SSSR count). The van der Waals surface area contributed by atoms with E-state index >= 15 is 0 Å². The zero-order valence-electron chi connectivity index (χ0n) is 19.5. The molecule has 1 N–H and O–H groups in total. The van der Waals surface area contributed by atoms with Gasteiger partial charge >= 0.3 is 5.97 Å². The van der Waals surface area contributed by atoms with E-state index in [1.165, 1.54) is 12.1 Å². The van der Waals surface area contributed by atoms with Crippen LogP contribution in [0.15, 0.2) is 77.8 Å². The molecule has 1 aliphatic carbocycles. The van der Waals surface area contributed by atoms with Gasteiger partial charge in [0.15, 0.2) is 14.6 Å². The van der Waals surface area contributed by atoms with E-state index in [0.717, 1.165) is 55.3 Å². The molecule has 34 heavy (non-hydrogen) atoms. The minimum Gasteiger partial charge on any atom is -0.480 e. The van der Waals surface area contributed by atoms with Crippen LogP contribution < -0.4 is 0 Å². The second-order valence-corrected chi connectivity index (χ2v) is 11.6. The van der Waals surface area contributed by atoms with E-state index in [2.05, 4.69) is 16.7 Å². The van der Waals surface area contributed by atoms with Crippen molar-refractivity contribution in [1.29, 1.82) is 0 Å². The Morgan fingerprint density at radius 1 is 0.882 bits per heavy atom. The minimum atomic E-state index is -4.11. The Bertz CT molecular complexity index is 1200. The second kappa shape index (κ2) is 10.6. The van der Waals surface area contributed by atoms with E-state index in [1.54, 1.807) is 18.2 Å². The van der Waals surface area contributed by atoms with Crippen molar-refractivity contribution in [2.45, 2.75) is 74.0 Å². The van der Waals surface area contributed by atoms with Gasteiger partial charge in [-0.25, -0.2) is 8.42 Å². The van der Waals surface area contributed by atoms with E-state index in [-0.39, 0.29) is 17.7 Å². The molecule has 5 nitrogen and oxygen atoms in total. The lowest BCUT2D eigenvalue weighted by molar-refractivity contribution is -0.140. The summed E-state index contributed by atoms with van der Waals surface area (Å²) in [5, 5.41) is 10.4. The first kappa shape index (κ1) is 24.3. The van der Waals surface area contributed by atoms with Crippen molar-refractivity contribution in [3.63, 3.8) is 0 Å². The molecule has 1 aliphatic rings. The maximum Gasteiger partial charge on any atom is 0.325 e. The van der Waals surface area contributed by atoms with E-state index in [9.17, 15) is 18.3 Å². The molecular weight excluding hydrogens is 446 g/mol. The van der Waals surface area contributed by atoms with Crippen molar-refractivity contribution in [2.75, 3.05) is 0 Å². The number of benzene rings is 2. The highest BCUT2D eigenvalue weighted by Crippen LogP contribution is 2.36. The molecule has 0 amide bonds. The van der Waals surface area contributed by atoms with Gasteiger partial charge < -0.3 is 9.67 Å². The highest BCUT2D eigenvalue weighted by atomic mass is 32.2. The smallest absolute Gasteiger partial charge is 0.325 e. The van der Waals surface area contributed by atoms with Crippen molar-refractivity contribution in [2.24, 2.45) is 0 Å². The van der Waals surface area contributed by atoms with Crippen LogP contribution in [-0.2, 0) is 34.0 Å². The summed E-state index contributed by atoms with van der Waals surface area (Å²) in [7, 11) is -4.11. The molecular formula is C28H33NO4S. The van der Waals surface area contributed by atoms with Gasteiger partial charge in [0.1, 0.15) is 0 Å². The fourth-order valence-electron chi connectivity index (χ4n) is 5.05. The van der Waals surface area contributed by atoms with Crippen molar-refractivity contribution in [3.8, 4) is 0 Å². The van der Waals surface area contributed by atoms with Crippen LogP contribution in [0, 0.1) is 0 Å². The first-order valence-electron chi connectivity index (χ1n) is 12.2. The van der Waals surface area contributed by atoms with Gasteiger partial charge in [-0.05, 0) is 48.6 Å². The van der Waals surface area contributed by atoms with Crippen molar-refractivity contribution >= 4 is 15.8 Å². The maximum absolute atomic E-state index is 13.8. The number of carboxylic acids is 1. The molecule has 0 radical (unpaired) electrons. The fraction of sp³-hybridized carbons (Fsp3) is 0.393. The Labute approximate surface area is 202 Å². The molecule has 0 saturated heterocycles. The van der Waals surface area contributed by atoms with E-state index in [0.29, 0.717) is 13.0 Å². The number of carbonyl (C=O) groups is 1. The summed E-state index contributed by atoms with van der Waals surface area (Å²) in [5.74, 6) is -1.26. The molecule has 2 aromatic carbocycles. The number of aryl methyl sites for hydroxylation is 1. The molecule has 1 heterocycles. The highest BCUT2D eigenvalue weighted by molar-refractivity contribution is 7.93. The molecule has 2 bridgehead atoms. The van der Waals surface area contributed by atoms with E-state index in [4.69, 9.17) is 0 Å². The van der Waals surface area contributed by atoms with Gasteiger partial charge in [-0.15, -0.1) is 0 Å². The number of aliphatic carboxylic acids is 1. The predicted octanol–water partition coefficient (Wildman–Crippen LogP) is 5.66. The minimum absolute atomic E-state index is 0.0334. The summed E-state index contributed by atoms with van der Waals surface area (Å²) in [6.45, 7) is 0.682. The summed E-state index contributed by atoms with van der Waals surface area (Å²) >= 11 is 0. The molecule has 0 saturated carbocycles. The number of rotatable bonds is 5. The Balaban J connectivity index is 1.78. The Hall–Kier alpha value is -2.86. The molecule has 0 spiro atoms. The second-order valence-electron chi connectivity index (χ2n) is 9.37. The average molecular weight is 480 g/mol. The first-order chi connectivity index (χ1) is 16.4. The molecule has 1 atom stereocenters. The molecule has 6 heteroatoms. The number of nitrogens with zero attached hydrogens (tertiary/aromatic N) is 1. The lowest BCUT2D eigenvalue weighted by Crippen LogP contribution is -2.48. The monoisotopic (exact) mass is 479 g/mol. The zero-order chi connectivity index (χ0) is 24.0. The third-order valence-corrected chi connectivity index (χ3v) is 9.39. The van der Waals surface area contributed by atoms with Gasteiger partial charge in [0, 0.05) is 24.9 Å². The first-order valence-corrected chi connectivity index (χ1v) is 13.7. The van der Waals surface area contributed by atoms with Crippen LogP contribution in [0.1, 0.15) is 61.8 Å². The highest BCUT2D eigenvalue weighted by Gasteiger charge is 2.51. The van der Waals surface area contributed by atoms with Gasteiger partial charge in [-0.3, -0.25) is 4.79 Å². The quantitative estimate of drug-likeness (QED) is 0.512. The summed E-state index contributed by atoms with van der Waals surface area (Å²) < 4.78 is 28.0. The molecule has 0 aliphatic heterocycles. The largest absolute Gasteiger partial charge is 0.480 e. The SMILES string of the molecule is O=C(O)C1(S(=O)(=O)c2ccccc2)CCCCCCCCc2cc(cn2Cc2ccccc2)C1. The van der Waals surface area contributed by atoms with Crippen molar-refractivity contribution in [1.82, 2.24) is 4.57 Å². The third kappa shape index (κ3) is 5.12. The predicted molar refractivity (Wildman–Crippen MR) is 134 cm³/mol. The van der Waals surface area contributed by atoms with Crippen LogP contribution in [-0.4, -0.2) is 28.8 Å².